The van der Waals surface area contributed by atoms with Gasteiger partial charge in [-0.1, -0.05) is 12.1 Å². The number of hydrogen-bond donors (Lipinski definition) is 0. The molecule has 0 saturated carbocycles. The van der Waals surface area contributed by atoms with Gasteiger partial charge in [0.2, 0.25) is 5.91 Å². The maximum Gasteiger partial charge on any atom is 0.248 e. The van der Waals surface area contributed by atoms with E-state index < -0.39 is 0 Å². The van der Waals surface area contributed by atoms with Gasteiger partial charge in [-0.25, -0.2) is 0 Å². The van der Waals surface area contributed by atoms with Crippen LogP contribution in [0.15, 0.2) is 24.3 Å². The van der Waals surface area contributed by atoms with Gasteiger partial charge in [-0.2, -0.15) is 0 Å². The number of carbonyl (C=O) groups is 1. The van der Waals surface area contributed by atoms with Gasteiger partial charge in [-0.05, 0) is 30.0 Å². The van der Waals surface area contributed by atoms with Gasteiger partial charge in [0.05, 0.1) is 19.8 Å². The summed E-state index contributed by atoms with van der Waals surface area (Å²) in [6, 6.07) is 8.26. The summed E-state index contributed by atoms with van der Waals surface area (Å²) in [4.78, 5) is 15.6. The van der Waals surface area contributed by atoms with E-state index in [2.05, 4.69) is 17.0 Å². The molecule has 0 spiro atoms. The quantitative estimate of drug-likeness (QED) is 0.658. The van der Waals surface area contributed by atoms with Gasteiger partial charge < -0.3 is 19.1 Å². The second-order valence-corrected chi connectivity index (χ2v) is 7.47. The molecular weight excluding hydrogens is 332 g/mol. The van der Waals surface area contributed by atoms with Crippen LogP contribution in [0.1, 0.15) is 12.0 Å². The van der Waals surface area contributed by atoms with E-state index in [4.69, 9.17) is 14.2 Å². The zero-order chi connectivity index (χ0) is 18.5. The number of likely N-dealkylation sites (N-methyl/N-ethyl adjacent to an activating group) is 1. The summed E-state index contributed by atoms with van der Waals surface area (Å²) in [6.45, 7) is 4.56. The van der Waals surface area contributed by atoms with Gasteiger partial charge in [0.15, 0.2) is 0 Å². The number of fused-ring (bicyclic) bond motifs is 1. The number of benzene rings is 1. The Morgan fingerprint density at radius 3 is 2.96 bits per heavy atom. The minimum Gasteiger partial charge on any atom is -0.497 e. The first-order valence-electron chi connectivity index (χ1n) is 9.31. The maximum absolute atomic E-state index is 11.5. The van der Waals surface area contributed by atoms with Gasteiger partial charge in [0, 0.05) is 46.3 Å². The molecule has 2 aliphatic heterocycles. The second-order valence-electron chi connectivity index (χ2n) is 7.47. The fourth-order valence-electron chi connectivity index (χ4n) is 3.86. The molecular formula is C20H30N2O4. The van der Waals surface area contributed by atoms with E-state index >= 15 is 0 Å². The van der Waals surface area contributed by atoms with Crippen molar-refractivity contribution in [1.82, 2.24) is 9.80 Å². The topological polar surface area (TPSA) is 51.2 Å². The molecule has 2 fully saturated rings. The molecule has 0 aromatic heterocycles. The van der Waals surface area contributed by atoms with E-state index in [1.165, 1.54) is 5.56 Å². The van der Waals surface area contributed by atoms with Crippen molar-refractivity contribution in [3.05, 3.63) is 29.8 Å². The summed E-state index contributed by atoms with van der Waals surface area (Å²) in [5.41, 5.74) is 1.27. The highest BCUT2D eigenvalue weighted by atomic mass is 16.5. The molecule has 1 amide bonds. The first-order chi connectivity index (χ1) is 12.6. The van der Waals surface area contributed by atoms with Gasteiger partial charge >= 0.3 is 0 Å². The van der Waals surface area contributed by atoms with Crippen LogP contribution in [0.3, 0.4) is 0 Å². The summed E-state index contributed by atoms with van der Waals surface area (Å²) in [5, 5.41) is 0. The van der Waals surface area contributed by atoms with Crippen LogP contribution in [0.5, 0.6) is 5.75 Å². The second kappa shape index (κ2) is 8.84. The van der Waals surface area contributed by atoms with Crippen molar-refractivity contribution in [2.45, 2.75) is 19.1 Å². The van der Waals surface area contributed by atoms with Crippen molar-refractivity contribution in [2.75, 3.05) is 54.1 Å². The fraction of sp³-hybridized carbons (Fsp3) is 0.650. The predicted octanol–water partition coefficient (Wildman–Crippen LogP) is 1.64. The molecule has 1 aromatic carbocycles. The van der Waals surface area contributed by atoms with E-state index in [1.807, 2.05) is 12.1 Å². The minimum atomic E-state index is 0.0101. The molecule has 2 saturated heterocycles. The number of amides is 1. The van der Waals surface area contributed by atoms with E-state index in [0.29, 0.717) is 24.5 Å². The van der Waals surface area contributed by atoms with Gasteiger partial charge in [-0.3, -0.25) is 9.69 Å². The van der Waals surface area contributed by atoms with E-state index in [-0.39, 0.29) is 12.5 Å². The molecule has 1 aromatic rings. The molecule has 0 N–H and O–H groups in total. The Kier molecular flexibility index (Phi) is 6.51. The third kappa shape index (κ3) is 4.75. The van der Waals surface area contributed by atoms with Gasteiger partial charge in [0.25, 0.3) is 0 Å². The summed E-state index contributed by atoms with van der Waals surface area (Å²) in [7, 11) is 5.19. The Balaban J connectivity index is 1.44. The first kappa shape index (κ1) is 19.1. The summed E-state index contributed by atoms with van der Waals surface area (Å²) < 4.78 is 16.9. The maximum atomic E-state index is 11.5. The molecule has 26 heavy (non-hydrogen) atoms. The lowest BCUT2D eigenvalue weighted by Gasteiger charge is -2.20. The molecule has 0 aliphatic carbocycles. The molecule has 3 rings (SSSR count). The third-order valence-electron chi connectivity index (χ3n) is 5.41. The van der Waals surface area contributed by atoms with Crippen molar-refractivity contribution in [3.8, 4) is 5.75 Å². The molecule has 0 bridgehead atoms. The number of hydrogen-bond acceptors (Lipinski definition) is 5. The summed E-state index contributed by atoms with van der Waals surface area (Å²) >= 11 is 0. The van der Waals surface area contributed by atoms with Crippen LogP contribution in [-0.2, 0) is 20.8 Å². The van der Waals surface area contributed by atoms with Crippen LogP contribution in [-0.4, -0.2) is 75.9 Å². The largest absolute Gasteiger partial charge is 0.497 e. The number of methoxy groups -OCH3 is 1. The van der Waals surface area contributed by atoms with Crippen molar-refractivity contribution in [2.24, 2.45) is 11.8 Å². The Hall–Kier alpha value is -1.63. The van der Waals surface area contributed by atoms with Crippen molar-refractivity contribution >= 4 is 5.91 Å². The number of nitrogens with zero attached hydrogens (tertiary/aromatic N) is 2. The van der Waals surface area contributed by atoms with Gasteiger partial charge in [0.1, 0.15) is 12.4 Å². The molecule has 0 unspecified atom stereocenters. The highest BCUT2D eigenvalue weighted by Crippen LogP contribution is 2.36. The summed E-state index contributed by atoms with van der Waals surface area (Å²) in [6.07, 6.45) is 1.28. The zero-order valence-corrected chi connectivity index (χ0v) is 16.0. The van der Waals surface area contributed by atoms with Crippen LogP contribution < -0.4 is 4.74 Å². The highest BCUT2D eigenvalue weighted by molar-refractivity contribution is 5.76. The van der Waals surface area contributed by atoms with Gasteiger partial charge in [-0.15, -0.1) is 0 Å². The Bertz CT molecular complexity index is 607. The average molecular weight is 362 g/mol. The Morgan fingerprint density at radius 2 is 2.19 bits per heavy atom. The van der Waals surface area contributed by atoms with Crippen LogP contribution in [0.25, 0.3) is 0 Å². The van der Waals surface area contributed by atoms with Crippen LogP contribution >= 0.6 is 0 Å². The Labute approximate surface area is 156 Å². The lowest BCUT2D eigenvalue weighted by atomic mass is 9.91. The number of carbonyl (C=O) groups excluding carboxylic acids is 1. The molecule has 6 heteroatoms. The zero-order valence-electron chi connectivity index (χ0n) is 16.0. The average Bonchev–Trinajstić information content (AvgIpc) is 3.19. The minimum absolute atomic E-state index is 0.0101. The number of rotatable bonds is 8. The number of ether oxygens (including phenoxy) is 3. The van der Waals surface area contributed by atoms with Crippen molar-refractivity contribution < 1.29 is 19.0 Å². The van der Waals surface area contributed by atoms with Crippen LogP contribution in [0.4, 0.5) is 0 Å². The van der Waals surface area contributed by atoms with E-state index in [1.54, 1.807) is 26.1 Å². The smallest absolute Gasteiger partial charge is 0.248 e. The van der Waals surface area contributed by atoms with Crippen LogP contribution in [0, 0.1) is 11.8 Å². The highest BCUT2D eigenvalue weighted by Gasteiger charge is 2.43. The lowest BCUT2D eigenvalue weighted by Crippen LogP contribution is -2.27. The lowest BCUT2D eigenvalue weighted by molar-refractivity contribution is -0.133. The van der Waals surface area contributed by atoms with E-state index in [9.17, 15) is 4.79 Å². The molecule has 0 radical (unpaired) electrons. The molecule has 144 valence electrons. The predicted molar refractivity (Wildman–Crippen MR) is 99.1 cm³/mol. The fourth-order valence-corrected chi connectivity index (χ4v) is 3.86. The standard InChI is InChI=1S/C20H30N2O4/c1-21(2)20(23)14-25-8-7-16-13-26-19-12-22(11-18(16)19)10-15-5-4-6-17(9-15)24-3/h4-6,9,16,18-19H,7-8,10-14H2,1-3H3/t16-,18-,19-/m1/s1. The van der Waals surface area contributed by atoms with Crippen molar-refractivity contribution in [3.63, 3.8) is 0 Å². The molecule has 6 nitrogen and oxygen atoms in total. The van der Waals surface area contributed by atoms with Crippen LogP contribution in [0.2, 0.25) is 0 Å². The Morgan fingerprint density at radius 1 is 1.35 bits per heavy atom. The third-order valence-corrected chi connectivity index (χ3v) is 5.41. The number of likely N-dealkylation sites (tertiary alicyclic amines) is 1. The monoisotopic (exact) mass is 362 g/mol. The normalized spacial score (nSPS) is 25.3. The molecule has 2 heterocycles. The molecule has 3 atom stereocenters. The first-order valence-corrected chi connectivity index (χ1v) is 9.31. The summed E-state index contributed by atoms with van der Waals surface area (Å²) in [5.74, 6) is 2.00. The van der Waals surface area contributed by atoms with Crippen molar-refractivity contribution in [1.29, 1.82) is 0 Å². The van der Waals surface area contributed by atoms with E-state index in [0.717, 1.165) is 38.4 Å². The SMILES string of the molecule is COc1cccc(CN2C[C@@H]3[C@H](CCOCC(=O)N(C)C)CO[C@@H]3C2)c1. The molecule has 2 aliphatic rings.